The van der Waals surface area contributed by atoms with Crippen molar-refractivity contribution < 1.29 is 22.6 Å². The molecule has 0 heterocycles. The van der Waals surface area contributed by atoms with Gasteiger partial charge in [0.1, 0.15) is 0 Å². The Morgan fingerprint density at radius 3 is 2.17 bits per heavy atom. The van der Waals surface area contributed by atoms with Gasteiger partial charge in [-0.3, -0.25) is 0 Å². The first kappa shape index (κ1) is 17.7. The molecule has 1 aromatic rings. The van der Waals surface area contributed by atoms with Crippen LogP contribution in [0.2, 0.25) is 0 Å². The van der Waals surface area contributed by atoms with Crippen molar-refractivity contribution in [1.29, 1.82) is 0 Å². The van der Waals surface area contributed by atoms with E-state index < -0.39 is 11.6 Å². The summed E-state index contributed by atoms with van der Waals surface area (Å²) in [5, 5.41) is 0. The molecule has 0 bridgehead atoms. The van der Waals surface area contributed by atoms with Gasteiger partial charge in [-0.15, -0.1) is 0 Å². The fourth-order valence-electron chi connectivity index (χ4n) is 2.95. The number of ether oxygens (including phenoxy) is 2. The molecule has 0 spiro atoms. The van der Waals surface area contributed by atoms with Crippen molar-refractivity contribution in [1.82, 2.24) is 0 Å². The minimum Gasteiger partial charge on any atom is -0.491 e. The molecule has 0 amide bonds. The Hall–Kier alpha value is -1.65. The maximum absolute atomic E-state index is 13.9. The monoisotopic (exact) mass is 328 g/mol. The summed E-state index contributed by atoms with van der Waals surface area (Å²) in [4.78, 5) is 0. The van der Waals surface area contributed by atoms with Gasteiger partial charge in [-0.25, -0.2) is 4.39 Å². The van der Waals surface area contributed by atoms with E-state index >= 15 is 0 Å². The smallest absolute Gasteiger partial charge is 0.204 e. The number of benzene rings is 1. The van der Waals surface area contributed by atoms with E-state index in [1.807, 2.05) is 0 Å². The highest BCUT2D eigenvalue weighted by Gasteiger charge is 2.22. The third-order valence-electron chi connectivity index (χ3n) is 4.14. The summed E-state index contributed by atoms with van der Waals surface area (Å²) in [6.07, 6.45) is 5.26. The molecule has 0 aliphatic heterocycles. The van der Waals surface area contributed by atoms with Crippen molar-refractivity contribution in [3.63, 3.8) is 0 Å². The Kier molecular flexibility index (Phi) is 6.37. The zero-order valence-corrected chi connectivity index (χ0v) is 13.6. The maximum Gasteiger partial charge on any atom is 0.204 e. The number of rotatable bonds is 6. The molecule has 1 saturated carbocycles. The van der Waals surface area contributed by atoms with Gasteiger partial charge in [0.2, 0.25) is 11.6 Å². The Balaban J connectivity index is 1.87. The van der Waals surface area contributed by atoms with Gasteiger partial charge in [0, 0.05) is 0 Å². The quantitative estimate of drug-likeness (QED) is 0.694. The second kappa shape index (κ2) is 8.27. The molecule has 0 aromatic heterocycles. The molecule has 0 unspecified atom stereocenters. The van der Waals surface area contributed by atoms with Crippen molar-refractivity contribution in [2.45, 2.75) is 39.5 Å². The Morgan fingerprint density at radius 1 is 1.09 bits per heavy atom. The van der Waals surface area contributed by atoms with Crippen molar-refractivity contribution in [3.8, 4) is 11.5 Å². The standard InChI is InChI=1S/C18H23F3O2/c1-3-22-15-8-9-16(18(21)17(15)20)23-11-14-6-4-13(5-7-14)10-12(2)19/h8-10,13-14H,3-7,11H2,1-2H3/b12-10-. The number of allylic oxidation sites excluding steroid dienone is 2. The molecule has 23 heavy (non-hydrogen) atoms. The van der Waals surface area contributed by atoms with E-state index in [-0.39, 0.29) is 35.8 Å². The average Bonchev–Trinajstić information content (AvgIpc) is 2.52. The number of halogens is 3. The molecule has 2 nitrogen and oxygen atoms in total. The molecule has 0 atom stereocenters. The fourth-order valence-corrected chi connectivity index (χ4v) is 2.95. The molecule has 2 rings (SSSR count). The zero-order chi connectivity index (χ0) is 16.8. The summed E-state index contributed by atoms with van der Waals surface area (Å²) >= 11 is 0. The van der Waals surface area contributed by atoms with Crippen LogP contribution in [0.1, 0.15) is 39.5 Å². The normalized spacial score (nSPS) is 22.0. The fraction of sp³-hybridized carbons (Fsp3) is 0.556. The van der Waals surface area contributed by atoms with Crippen LogP contribution in [0.4, 0.5) is 13.2 Å². The van der Waals surface area contributed by atoms with Gasteiger partial charge in [0.05, 0.1) is 19.0 Å². The average molecular weight is 328 g/mol. The first-order valence-corrected chi connectivity index (χ1v) is 8.08. The molecule has 0 N–H and O–H groups in total. The summed E-state index contributed by atoms with van der Waals surface area (Å²) < 4.78 is 51.0. The summed E-state index contributed by atoms with van der Waals surface area (Å²) in [5.41, 5.74) is 0. The van der Waals surface area contributed by atoms with E-state index in [4.69, 9.17) is 9.47 Å². The van der Waals surface area contributed by atoms with Crippen molar-refractivity contribution in [3.05, 3.63) is 35.7 Å². The van der Waals surface area contributed by atoms with E-state index in [0.29, 0.717) is 6.61 Å². The Bertz CT molecular complexity index is 545. The predicted octanol–water partition coefficient (Wildman–Crippen LogP) is 5.42. The summed E-state index contributed by atoms with van der Waals surface area (Å²) in [6, 6.07) is 2.77. The van der Waals surface area contributed by atoms with Crippen molar-refractivity contribution in [2.24, 2.45) is 11.8 Å². The SMILES string of the molecule is CCOc1ccc(OCC2CCC(/C=C(/C)F)CC2)c(F)c1F. The molecule has 1 aliphatic rings. The highest BCUT2D eigenvalue weighted by Crippen LogP contribution is 2.32. The van der Waals surface area contributed by atoms with Crippen molar-refractivity contribution in [2.75, 3.05) is 13.2 Å². The van der Waals surface area contributed by atoms with E-state index in [1.54, 1.807) is 13.0 Å². The molecular formula is C18H23F3O2. The molecule has 1 aliphatic carbocycles. The molecule has 1 fully saturated rings. The Morgan fingerprint density at radius 2 is 1.65 bits per heavy atom. The lowest BCUT2D eigenvalue weighted by Gasteiger charge is -2.26. The van der Waals surface area contributed by atoms with Gasteiger partial charge in [-0.2, -0.15) is 8.78 Å². The molecule has 1 aromatic carbocycles. The number of hydrogen-bond acceptors (Lipinski definition) is 2. The van der Waals surface area contributed by atoms with Crippen LogP contribution in [0.5, 0.6) is 11.5 Å². The lowest BCUT2D eigenvalue weighted by Crippen LogP contribution is -2.19. The van der Waals surface area contributed by atoms with E-state index in [2.05, 4.69) is 0 Å². The molecule has 5 heteroatoms. The third kappa shape index (κ3) is 4.91. The van der Waals surface area contributed by atoms with Gasteiger partial charge in [-0.1, -0.05) is 6.08 Å². The first-order chi connectivity index (χ1) is 11.0. The van der Waals surface area contributed by atoms with Gasteiger partial charge in [0.15, 0.2) is 11.5 Å². The largest absolute Gasteiger partial charge is 0.491 e. The van der Waals surface area contributed by atoms with Crippen molar-refractivity contribution >= 4 is 0 Å². The lowest BCUT2D eigenvalue weighted by atomic mass is 9.82. The van der Waals surface area contributed by atoms with Gasteiger partial charge in [-0.05, 0) is 63.5 Å². The van der Waals surface area contributed by atoms with Crippen LogP contribution in [0.15, 0.2) is 24.0 Å². The summed E-state index contributed by atoms with van der Waals surface area (Å²) in [7, 11) is 0. The molecule has 0 radical (unpaired) electrons. The number of hydrogen-bond donors (Lipinski definition) is 0. The van der Waals surface area contributed by atoms with E-state index in [1.165, 1.54) is 19.1 Å². The molecule has 128 valence electrons. The highest BCUT2D eigenvalue weighted by molar-refractivity contribution is 5.35. The van der Waals surface area contributed by atoms with Gasteiger partial charge < -0.3 is 9.47 Å². The Labute approximate surface area is 135 Å². The molecule has 0 saturated heterocycles. The van der Waals surface area contributed by atoms with Crippen LogP contribution in [-0.2, 0) is 0 Å². The minimum atomic E-state index is -1.02. The summed E-state index contributed by atoms with van der Waals surface area (Å²) in [5.74, 6) is -1.81. The third-order valence-corrected chi connectivity index (χ3v) is 4.14. The maximum atomic E-state index is 13.9. The topological polar surface area (TPSA) is 18.5 Å². The predicted molar refractivity (Wildman–Crippen MR) is 83.3 cm³/mol. The summed E-state index contributed by atoms with van der Waals surface area (Å²) in [6.45, 7) is 3.78. The first-order valence-electron chi connectivity index (χ1n) is 8.08. The van der Waals surface area contributed by atoms with Gasteiger partial charge in [0.25, 0.3) is 0 Å². The zero-order valence-electron chi connectivity index (χ0n) is 13.6. The van der Waals surface area contributed by atoms with Crippen LogP contribution < -0.4 is 9.47 Å². The van der Waals surface area contributed by atoms with Gasteiger partial charge >= 0.3 is 0 Å². The van der Waals surface area contributed by atoms with Crippen LogP contribution in [0.3, 0.4) is 0 Å². The van der Waals surface area contributed by atoms with E-state index in [0.717, 1.165) is 25.7 Å². The second-order valence-electron chi connectivity index (χ2n) is 5.97. The van der Waals surface area contributed by atoms with Crippen LogP contribution in [0.25, 0.3) is 0 Å². The van der Waals surface area contributed by atoms with Crippen LogP contribution in [-0.4, -0.2) is 13.2 Å². The lowest BCUT2D eigenvalue weighted by molar-refractivity contribution is 0.186. The highest BCUT2D eigenvalue weighted by atomic mass is 19.2. The molecular weight excluding hydrogens is 305 g/mol. The van der Waals surface area contributed by atoms with E-state index in [9.17, 15) is 13.2 Å². The van der Waals surface area contributed by atoms with Crippen LogP contribution >= 0.6 is 0 Å². The minimum absolute atomic E-state index is 0.0902. The van der Waals surface area contributed by atoms with Crippen LogP contribution in [0, 0.1) is 23.5 Å². The second-order valence-corrected chi connectivity index (χ2v) is 5.97.